The zero-order valence-corrected chi connectivity index (χ0v) is 14.3. The second-order valence-corrected chi connectivity index (χ2v) is 5.85. The number of anilines is 1. The third-order valence-electron chi connectivity index (χ3n) is 3.70. The van der Waals surface area contributed by atoms with E-state index < -0.39 is 0 Å². The number of unbranched alkanes of at least 4 members (excludes halogenated alkanes) is 1. The van der Waals surface area contributed by atoms with Gasteiger partial charge in [-0.15, -0.1) is 0 Å². The van der Waals surface area contributed by atoms with Crippen molar-refractivity contribution < 1.29 is 4.79 Å². The highest BCUT2D eigenvalue weighted by atomic mass is 16.2. The summed E-state index contributed by atoms with van der Waals surface area (Å²) < 4.78 is 3.74. The fraction of sp³-hybridized carbons (Fsp3) is 0.562. The lowest BCUT2D eigenvalue weighted by Crippen LogP contribution is -2.34. The van der Waals surface area contributed by atoms with E-state index in [1.54, 1.807) is 12.3 Å². The second-order valence-electron chi connectivity index (χ2n) is 5.85. The van der Waals surface area contributed by atoms with E-state index in [0.29, 0.717) is 6.54 Å². The van der Waals surface area contributed by atoms with Crippen molar-refractivity contribution in [3.05, 3.63) is 29.7 Å². The number of carbonyl (C=O) groups is 1. The van der Waals surface area contributed by atoms with Crippen LogP contribution in [0.15, 0.2) is 18.3 Å². The van der Waals surface area contributed by atoms with Crippen LogP contribution in [-0.2, 0) is 6.54 Å². The molecule has 0 aromatic carbocycles. The summed E-state index contributed by atoms with van der Waals surface area (Å²) in [7, 11) is 0. The van der Waals surface area contributed by atoms with Gasteiger partial charge in [0.1, 0.15) is 5.82 Å². The van der Waals surface area contributed by atoms with Gasteiger partial charge in [-0.2, -0.15) is 10.2 Å². The monoisotopic (exact) mass is 318 g/mol. The fourth-order valence-corrected chi connectivity index (χ4v) is 2.50. The van der Waals surface area contributed by atoms with E-state index in [0.717, 1.165) is 36.6 Å². The normalized spacial score (nSPS) is 12.2. The van der Waals surface area contributed by atoms with Crippen LogP contribution in [0.25, 0.3) is 0 Å². The Hall–Kier alpha value is -2.31. The van der Waals surface area contributed by atoms with Gasteiger partial charge in [-0.05, 0) is 33.3 Å². The molecule has 0 saturated heterocycles. The molecule has 23 heavy (non-hydrogen) atoms. The van der Waals surface area contributed by atoms with Crippen LogP contribution in [0.5, 0.6) is 0 Å². The van der Waals surface area contributed by atoms with Crippen molar-refractivity contribution >= 4 is 11.8 Å². The van der Waals surface area contributed by atoms with Crippen LogP contribution in [-0.4, -0.2) is 32.1 Å². The summed E-state index contributed by atoms with van der Waals surface area (Å²) in [5.41, 5.74) is 2.08. The van der Waals surface area contributed by atoms with Gasteiger partial charge in [-0.3, -0.25) is 10.00 Å². The third-order valence-corrected chi connectivity index (χ3v) is 3.70. The molecule has 0 saturated carbocycles. The summed E-state index contributed by atoms with van der Waals surface area (Å²) in [5, 5.41) is 14.4. The van der Waals surface area contributed by atoms with Gasteiger partial charge in [0.15, 0.2) is 0 Å². The summed E-state index contributed by atoms with van der Waals surface area (Å²) >= 11 is 0. The molecule has 0 aliphatic heterocycles. The maximum atomic E-state index is 12.1. The Balaban J connectivity index is 1.85. The van der Waals surface area contributed by atoms with Crippen LogP contribution >= 0.6 is 0 Å². The number of rotatable bonds is 7. The predicted molar refractivity (Wildman–Crippen MR) is 90.6 cm³/mol. The first-order valence-electron chi connectivity index (χ1n) is 8.10. The second kappa shape index (κ2) is 7.80. The molecule has 2 amide bonds. The first-order chi connectivity index (χ1) is 11.0. The van der Waals surface area contributed by atoms with Crippen LogP contribution in [0.2, 0.25) is 0 Å². The highest BCUT2D eigenvalue weighted by Gasteiger charge is 2.12. The molecule has 0 spiro atoms. The number of nitrogens with zero attached hydrogens (tertiary/aromatic N) is 4. The maximum Gasteiger partial charge on any atom is 0.320 e. The first kappa shape index (κ1) is 17.1. The van der Waals surface area contributed by atoms with Crippen molar-refractivity contribution in [2.24, 2.45) is 0 Å². The minimum absolute atomic E-state index is 0.0967. The summed E-state index contributed by atoms with van der Waals surface area (Å²) in [5.74, 6) is 0.717. The lowest BCUT2D eigenvalue weighted by atomic mass is 10.3. The highest BCUT2D eigenvalue weighted by molar-refractivity contribution is 5.88. The van der Waals surface area contributed by atoms with Gasteiger partial charge in [0, 0.05) is 24.8 Å². The number of aryl methyl sites for hydroxylation is 3. The Morgan fingerprint density at radius 2 is 2.17 bits per heavy atom. The van der Waals surface area contributed by atoms with Gasteiger partial charge in [0.25, 0.3) is 0 Å². The number of hydrogen-bond donors (Lipinski definition) is 2. The standard InChI is InChI=1S/C16H26N6O/c1-5-6-9-21-15(7-8-18-21)19-16(23)17-11-14(4)22-13(3)10-12(2)20-22/h7-8,10,14H,5-6,9,11H2,1-4H3,(H2,17,19,23)/t14-/m0/s1. The number of amides is 2. The molecule has 2 aromatic rings. The van der Waals surface area contributed by atoms with Crippen LogP contribution in [0.1, 0.15) is 44.1 Å². The lowest BCUT2D eigenvalue weighted by Gasteiger charge is -2.16. The molecule has 2 rings (SSSR count). The summed E-state index contributed by atoms with van der Waals surface area (Å²) in [6.45, 7) is 9.46. The molecule has 2 aromatic heterocycles. The van der Waals surface area contributed by atoms with E-state index >= 15 is 0 Å². The lowest BCUT2D eigenvalue weighted by molar-refractivity contribution is 0.250. The van der Waals surface area contributed by atoms with Crippen molar-refractivity contribution in [1.82, 2.24) is 24.9 Å². The molecule has 126 valence electrons. The quantitative estimate of drug-likeness (QED) is 0.824. The number of urea groups is 1. The molecular formula is C16H26N6O. The van der Waals surface area contributed by atoms with Crippen LogP contribution in [0.4, 0.5) is 10.6 Å². The molecule has 0 unspecified atom stereocenters. The summed E-state index contributed by atoms with van der Waals surface area (Å²) in [4.78, 5) is 12.1. The molecule has 0 bridgehead atoms. The number of nitrogens with one attached hydrogen (secondary N) is 2. The zero-order valence-electron chi connectivity index (χ0n) is 14.3. The van der Waals surface area contributed by atoms with E-state index in [2.05, 4.69) is 27.8 Å². The molecule has 0 aliphatic rings. The molecule has 2 heterocycles. The van der Waals surface area contributed by atoms with Gasteiger partial charge < -0.3 is 5.32 Å². The topological polar surface area (TPSA) is 76.8 Å². The van der Waals surface area contributed by atoms with Crippen molar-refractivity contribution in [3.8, 4) is 0 Å². The highest BCUT2D eigenvalue weighted by Crippen LogP contribution is 2.10. The van der Waals surface area contributed by atoms with E-state index in [4.69, 9.17) is 0 Å². The van der Waals surface area contributed by atoms with Crippen molar-refractivity contribution in [2.75, 3.05) is 11.9 Å². The van der Waals surface area contributed by atoms with Gasteiger partial charge in [-0.25, -0.2) is 9.48 Å². The number of hydrogen-bond acceptors (Lipinski definition) is 3. The van der Waals surface area contributed by atoms with Gasteiger partial charge in [0.05, 0.1) is 17.9 Å². The molecule has 7 nitrogen and oxygen atoms in total. The summed E-state index contributed by atoms with van der Waals surface area (Å²) in [6, 6.07) is 3.71. The SMILES string of the molecule is CCCCn1nccc1NC(=O)NC[C@H](C)n1nc(C)cc1C. The van der Waals surface area contributed by atoms with Crippen molar-refractivity contribution in [1.29, 1.82) is 0 Å². The zero-order chi connectivity index (χ0) is 16.8. The van der Waals surface area contributed by atoms with E-state index in [1.807, 2.05) is 36.2 Å². The molecule has 1 atom stereocenters. The number of aromatic nitrogens is 4. The molecule has 7 heteroatoms. The van der Waals surface area contributed by atoms with Crippen LogP contribution in [0.3, 0.4) is 0 Å². The van der Waals surface area contributed by atoms with E-state index in [1.165, 1.54) is 0 Å². The summed E-state index contributed by atoms with van der Waals surface area (Å²) in [6.07, 6.45) is 3.82. The average molecular weight is 318 g/mol. The average Bonchev–Trinajstić information content (AvgIpc) is 3.08. The Kier molecular flexibility index (Phi) is 5.78. The van der Waals surface area contributed by atoms with Gasteiger partial charge >= 0.3 is 6.03 Å². The maximum absolute atomic E-state index is 12.1. The van der Waals surface area contributed by atoms with Crippen molar-refractivity contribution in [3.63, 3.8) is 0 Å². The van der Waals surface area contributed by atoms with Crippen LogP contribution in [0, 0.1) is 13.8 Å². The third kappa shape index (κ3) is 4.58. The van der Waals surface area contributed by atoms with Gasteiger partial charge in [-0.1, -0.05) is 13.3 Å². The number of carbonyl (C=O) groups excluding carboxylic acids is 1. The Labute approximate surface area is 137 Å². The Morgan fingerprint density at radius 1 is 1.39 bits per heavy atom. The Bertz CT molecular complexity index is 645. The minimum Gasteiger partial charge on any atom is -0.336 e. The van der Waals surface area contributed by atoms with E-state index in [-0.39, 0.29) is 12.1 Å². The molecule has 0 radical (unpaired) electrons. The van der Waals surface area contributed by atoms with Crippen LogP contribution < -0.4 is 10.6 Å². The molecular weight excluding hydrogens is 292 g/mol. The molecule has 2 N–H and O–H groups in total. The minimum atomic E-state index is -0.225. The van der Waals surface area contributed by atoms with Gasteiger partial charge in [0.2, 0.25) is 0 Å². The Morgan fingerprint density at radius 3 is 2.83 bits per heavy atom. The molecule has 0 aliphatic carbocycles. The first-order valence-corrected chi connectivity index (χ1v) is 8.10. The molecule has 0 fully saturated rings. The smallest absolute Gasteiger partial charge is 0.320 e. The van der Waals surface area contributed by atoms with E-state index in [9.17, 15) is 4.79 Å². The largest absolute Gasteiger partial charge is 0.336 e. The predicted octanol–water partition coefficient (Wildman–Crippen LogP) is 2.88. The fourth-order valence-electron chi connectivity index (χ4n) is 2.50. The van der Waals surface area contributed by atoms with Crippen molar-refractivity contribution in [2.45, 2.75) is 53.1 Å².